The molecule has 0 fully saturated rings. The van der Waals surface area contributed by atoms with Crippen molar-refractivity contribution >= 4 is 45.9 Å². The Balaban J connectivity index is 1.78. The summed E-state index contributed by atoms with van der Waals surface area (Å²) in [5, 5.41) is 7.01. The van der Waals surface area contributed by atoms with Crippen LogP contribution in [-0.4, -0.2) is 45.0 Å². The van der Waals surface area contributed by atoms with E-state index in [-0.39, 0.29) is 35.5 Å². The van der Waals surface area contributed by atoms with E-state index in [2.05, 4.69) is 10.4 Å². The van der Waals surface area contributed by atoms with Gasteiger partial charge in [-0.05, 0) is 32.0 Å². The van der Waals surface area contributed by atoms with Gasteiger partial charge < -0.3 is 16.0 Å². The van der Waals surface area contributed by atoms with Gasteiger partial charge in [-0.15, -0.1) is 0 Å². The summed E-state index contributed by atoms with van der Waals surface area (Å²) in [5.41, 5.74) is 5.95. The smallest absolute Gasteiger partial charge is 0.269 e. The number of nitrogens with one attached hydrogen (secondary N) is 1. The Morgan fingerprint density at radius 3 is 2.58 bits per heavy atom. The van der Waals surface area contributed by atoms with E-state index >= 15 is 0 Å². The Labute approximate surface area is 182 Å². The Kier molecular flexibility index (Phi) is 6.55. The van der Waals surface area contributed by atoms with Gasteiger partial charge in [-0.2, -0.15) is 5.10 Å². The van der Waals surface area contributed by atoms with Crippen molar-refractivity contribution in [2.24, 2.45) is 5.73 Å². The Morgan fingerprint density at radius 2 is 1.90 bits per heavy atom. The van der Waals surface area contributed by atoms with Crippen LogP contribution in [0, 0.1) is 5.82 Å². The molecule has 0 radical (unpaired) electrons. The second-order valence-corrected chi connectivity index (χ2v) is 7.56. The molecule has 0 aliphatic rings. The highest BCUT2D eigenvalue weighted by molar-refractivity contribution is 6.31. The molecule has 3 aromatic rings. The molecule has 0 saturated carbocycles. The number of nitrogens with zero attached hydrogens (tertiary/aromatic N) is 3. The van der Waals surface area contributed by atoms with Crippen LogP contribution in [0.25, 0.3) is 10.9 Å². The van der Waals surface area contributed by atoms with Gasteiger partial charge >= 0.3 is 0 Å². The average Bonchev–Trinajstić information content (AvgIpc) is 3.08. The maximum atomic E-state index is 14.0. The molecule has 3 amide bonds. The third kappa shape index (κ3) is 4.83. The number of fused-ring (bicyclic) bond motifs is 1. The van der Waals surface area contributed by atoms with Gasteiger partial charge in [-0.3, -0.25) is 19.1 Å². The van der Waals surface area contributed by atoms with Crippen molar-refractivity contribution in [1.29, 1.82) is 0 Å². The number of aromatic nitrogens is 2. The van der Waals surface area contributed by atoms with Crippen LogP contribution in [0.4, 0.5) is 10.1 Å². The summed E-state index contributed by atoms with van der Waals surface area (Å²) in [4.78, 5) is 38.4. The maximum absolute atomic E-state index is 14.0. The minimum Gasteiger partial charge on any atom is -0.364 e. The molecule has 1 aromatic heterocycles. The number of rotatable bonds is 7. The predicted molar refractivity (Wildman–Crippen MR) is 115 cm³/mol. The molecule has 0 bridgehead atoms. The lowest BCUT2D eigenvalue weighted by Crippen LogP contribution is -2.44. The number of hydrogen-bond donors (Lipinski definition) is 2. The van der Waals surface area contributed by atoms with Gasteiger partial charge in [0.25, 0.3) is 5.91 Å². The number of benzene rings is 2. The average molecular weight is 446 g/mol. The lowest BCUT2D eigenvalue weighted by atomic mass is 10.2. The molecular weight excluding hydrogens is 425 g/mol. The number of anilines is 1. The Bertz CT molecular complexity index is 1160. The van der Waals surface area contributed by atoms with Crippen LogP contribution in [0.1, 0.15) is 24.3 Å². The van der Waals surface area contributed by atoms with Crippen molar-refractivity contribution in [3.63, 3.8) is 0 Å². The maximum Gasteiger partial charge on any atom is 0.269 e. The number of halogens is 2. The summed E-state index contributed by atoms with van der Waals surface area (Å²) in [6, 6.07) is 10.8. The number of para-hydroxylation sites is 1. The normalized spacial score (nSPS) is 11.0. The molecule has 0 aliphatic carbocycles. The van der Waals surface area contributed by atoms with Crippen LogP contribution >= 0.6 is 11.6 Å². The molecule has 31 heavy (non-hydrogen) atoms. The number of carbonyl (C=O) groups excluding carboxylic acids is 3. The lowest BCUT2D eigenvalue weighted by molar-refractivity contribution is -0.137. The monoisotopic (exact) mass is 445 g/mol. The van der Waals surface area contributed by atoms with Gasteiger partial charge in [0.05, 0.1) is 16.2 Å². The van der Waals surface area contributed by atoms with Crippen molar-refractivity contribution in [3.05, 3.63) is 59.0 Å². The predicted octanol–water partition coefficient (Wildman–Crippen LogP) is 2.80. The van der Waals surface area contributed by atoms with E-state index in [0.717, 1.165) is 0 Å². The van der Waals surface area contributed by atoms with Crippen LogP contribution in [-0.2, 0) is 16.1 Å². The first-order valence-corrected chi connectivity index (χ1v) is 9.85. The fourth-order valence-corrected chi connectivity index (χ4v) is 3.33. The van der Waals surface area contributed by atoms with Crippen molar-refractivity contribution in [2.45, 2.75) is 26.4 Å². The number of carbonyl (C=O) groups is 3. The van der Waals surface area contributed by atoms with Gasteiger partial charge in [-0.25, -0.2) is 4.39 Å². The zero-order valence-electron chi connectivity index (χ0n) is 16.9. The fourth-order valence-electron chi connectivity index (χ4n) is 3.15. The van der Waals surface area contributed by atoms with Crippen molar-refractivity contribution in [1.82, 2.24) is 14.7 Å². The summed E-state index contributed by atoms with van der Waals surface area (Å²) in [6.45, 7) is 3.00. The van der Waals surface area contributed by atoms with Gasteiger partial charge in [0, 0.05) is 11.4 Å². The van der Waals surface area contributed by atoms with Crippen molar-refractivity contribution in [2.75, 3.05) is 11.9 Å². The first-order valence-electron chi connectivity index (χ1n) is 9.47. The molecule has 1 heterocycles. The molecule has 0 atom stereocenters. The standard InChI is InChI=1S/C21H21ClFN5O3/c1-12(2)27(10-17(29)25-15-8-5-7-14(22)19(15)23)18(30)11-28-16-9-4-3-6-13(16)20(26-28)21(24)31/h3-9,12H,10-11H2,1-2H3,(H2,24,31)(H,25,29). The second-order valence-electron chi connectivity index (χ2n) is 7.15. The van der Waals surface area contributed by atoms with Gasteiger partial charge in [-0.1, -0.05) is 35.9 Å². The first-order chi connectivity index (χ1) is 14.7. The van der Waals surface area contributed by atoms with Crippen LogP contribution in [0.5, 0.6) is 0 Å². The van der Waals surface area contributed by atoms with Crippen molar-refractivity contribution < 1.29 is 18.8 Å². The number of hydrogen-bond acceptors (Lipinski definition) is 4. The van der Waals surface area contributed by atoms with Crippen LogP contribution in [0.2, 0.25) is 5.02 Å². The third-order valence-electron chi connectivity index (χ3n) is 4.66. The molecule has 2 aromatic carbocycles. The molecule has 0 aliphatic heterocycles. The van der Waals surface area contributed by atoms with Gasteiger partial charge in [0.15, 0.2) is 11.5 Å². The molecule has 8 nitrogen and oxygen atoms in total. The largest absolute Gasteiger partial charge is 0.364 e. The summed E-state index contributed by atoms with van der Waals surface area (Å²) < 4.78 is 15.4. The molecule has 3 N–H and O–H groups in total. The fraction of sp³-hybridized carbons (Fsp3) is 0.238. The van der Waals surface area contributed by atoms with E-state index in [0.29, 0.717) is 10.9 Å². The minimum absolute atomic E-state index is 0.0636. The Morgan fingerprint density at radius 1 is 1.19 bits per heavy atom. The molecule has 0 unspecified atom stereocenters. The molecule has 162 valence electrons. The van der Waals surface area contributed by atoms with Crippen LogP contribution in [0.3, 0.4) is 0 Å². The van der Waals surface area contributed by atoms with Crippen LogP contribution < -0.4 is 11.1 Å². The van der Waals surface area contributed by atoms with E-state index in [4.69, 9.17) is 17.3 Å². The summed E-state index contributed by atoms with van der Waals surface area (Å²) in [5.74, 6) is -2.43. The van der Waals surface area contributed by atoms with E-state index in [1.807, 2.05) is 0 Å². The number of amides is 3. The summed E-state index contributed by atoms with van der Waals surface area (Å²) >= 11 is 5.73. The summed E-state index contributed by atoms with van der Waals surface area (Å²) in [6.07, 6.45) is 0. The highest BCUT2D eigenvalue weighted by Gasteiger charge is 2.23. The van der Waals surface area contributed by atoms with E-state index in [1.54, 1.807) is 38.1 Å². The summed E-state index contributed by atoms with van der Waals surface area (Å²) in [7, 11) is 0. The molecule has 3 rings (SSSR count). The SMILES string of the molecule is CC(C)N(CC(=O)Nc1cccc(Cl)c1F)C(=O)Cn1nc(C(N)=O)c2ccccc21. The van der Waals surface area contributed by atoms with Crippen molar-refractivity contribution in [3.8, 4) is 0 Å². The lowest BCUT2D eigenvalue weighted by Gasteiger charge is -2.26. The molecular formula is C21H21ClFN5O3. The quantitative estimate of drug-likeness (QED) is 0.582. The first kappa shape index (κ1) is 22.2. The third-order valence-corrected chi connectivity index (χ3v) is 4.95. The topological polar surface area (TPSA) is 110 Å². The highest BCUT2D eigenvalue weighted by Crippen LogP contribution is 2.22. The number of nitrogens with two attached hydrogens (primary N) is 1. The van der Waals surface area contributed by atoms with E-state index < -0.39 is 23.5 Å². The molecule has 10 heteroatoms. The highest BCUT2D eigenvalue weighted by atomic mass is 35.5. The zero-order valence-corrected chi connectivity index (χ0v) is 17.7. The molecule has 0 saturated heterocycles. The molecule has 0 spiro atoms. The van der Waals surface area contributed by atoms with Crippen LogP contribution in [0.15, 0.2) is 42.5 Å². The Hall–Kier alpha value is -3.46. The van der Waals surface area contributed by atoms with E-state index in [9.17, 15) is 18.8 Å². The van der Waals surface area contributed by atoms with E-state index in [1.165, 1.54) is 27.8 Å². The van der Waals surface area contributed by atoms with Gasteiger partial charge in [0.1, 0.15) is 13.1 Å². The number of primary amides is 1. The van der Waals surface area contributed by atoms with Gasteiger partial charge in [0.2, 0.25) is 11.8 Å². The second kappa shape index (κ2) is 9.13. The minimum atomic E-state index is -0.748. The zero-order chi connectivity index (χ0) is 22.7.